The lowest BCUT2D eigenvalue weighted by Crippen LogP contribution is -2.26. The molecule has 1 aromatic rings. The van der Waals surface area contributed by atoms with Gasteiger partial charge in [-0.15, -0.1) is 0 Å². The first-order chi connectivity index (χ1) is 8.80. The topological polar surface area (TPSA) is 105 Å². The van der Waals surface area contributed by atoms with Gasteiger partial charge >= 0.3 is 11.9 Å². The molecule has 0 saturated heterocycles. The number of carbonyl (C=O) groups is 2. The van der Waals surface area contributed by atoms with Crippen molar-refractivity contribution in [3.8, 4) is 0 Å². The van der Waals surface area contributed by atoms with Gasteiger partial charge in [-0.05, 0) is 27.7 Å². The Labute approximate surface area is 111 Å². The lowest BCUT2D eigenvalue weighted by molar-refractivity contribution is 0.00624. The van der Waals surface area contributed by atoms with Gasteiger partial charge in [0.2, 0.25) is 5.69 Å². The van der Waals surface area contributed by atoms with Crippen molar-refractivity contribution >= 4 is 11.9 Å². The monoisotopic (exact) mass is 270 g/mol. The Morgan fingerprint density at radius 2 is 1.95 bits per heavy atom. The standard InChI is InChI=1S/C12H18N2O5/c1-5-17-11(16)9-8(7(6-13)19-14-9)10(15)18-12(2,3)4/h5-6,13H2,1-4H3. The predicted octanol–water partition coefficient (Wildman–Crippen LogP) is 1.27. The van der Waals surface area contributed by atoms with Crippen molar-refractivity contribution in [3.05, 3.63) is 17.0 Å². The molecule has 7 heteroatoms. The van der Waals surface area contributed by atoms with Gasteiger partial charge in [-0.2, -0.15) is 0 Å². The van der Waals surface area contributed by atoms with Gasteiger partial charge in [-0.1, -0.05) is 5.16 Å². The molecule has 0 amide bonds. The molecule has 0 unspecified atom stereocenters. The van der Waals surface area contributed by atoms with E-state index in [9.17, 15) is 9.59 Å². The first-order valence-corrected chi connectivity index (χ1v) is 5.89. The number of esters is 2. The number of ether oxygens (including phenoxy) is 2. The highest BCUT2D eigenvalue weighted by Gasteiger charge is 2.31. The van der Waals surface area contributed by atoms with Crippen LogP contribution in [0, 0.1) is 0 Å². The van der Waals surface area contributed by atoms with E-state index in [1.807, 2.05) is 0 Å². The molecule has 0 aliphatic heterocycles. The van der Waals surface area contributed by atoms with Crippen LogP contribution in [-0.2, 0) is 16.0 Å². The summed E-state index contributed by atoms with van der Waals surface area (Å²) in [4.78, 5) is 23.7. The number of aromatic nitrogens is 1. The maximum absolute atomic E-state index is 12.0. The summed E-state index contributed by atoms with van der Waals surface area (Å²) in [5.74, 6) is -1.36. The fourth-order valence-corrected chi connectivity index (χ4v) is 1.34. The van der Waals surface area contributed by atoms with Gasteiger partial charge in [0.15, 0.2) is 5.76 Å². The van der Waals surface area contributed by atoms with Crippen molar-refractivity contribution in [1.29, 1.82) is 0 Å². The normalized spacial score (nSPS) is 11.2. The van der Waals surface area contributed by atoms with E-state index in [1.165, 1.54) is 0 Å². The van der Waals surface area contributed by atoms with Crippen molar-refractivity contribution in [2.24, 2.45) is 5.73 Å². The van der Waals surface area contributed by atoms with E-state index in [-0.39, 0.29) is 30.2 Å². The Bertz CT molecular complexity index is 473. The van der Waals surface area contributed by atoms with E-state index in [0.29, 0.717) is 0 Å². The summed E-state index contributed by atoms with van der Waals surface area (Å²) in [5, 5.41) is 3.53. The molecule has 1 rings (SSSR count). The second-order valence-electron chi connectivity index (χ2n) is 4.76. The number of carbonyl (C=O) groups excluding carboxylic acids is 2. The summed E-state index contributed by atoms with van der Waals surface area (Å²) in [6, 6.07) is 0. The van der Waals surface area contributed by atoms with Gasteiger partial charge in [0.05, 0.1) is 13.2 Å². The molecule has 7 nitrogen and oxygen atoms in total. The molecule has 0 aliphatic rings. The van der Waals surface area contributed by atoms with E-state index in [4.69, 9.17) is 19.7 Å². The SMILES string of the molecule is CCOC(=O)c1noc(CN)c1C(=O)OC(C)(C)C. The Balaban J connectivity index is 3.12. The highest BCUT2D eigenvalue weighted by atomic mass is 16.6. The van der Waals surface area contributed by atoms with Crippen LogP contribution in [0.1, 0.15) is 54.3 Å². The molecule has 0 fully saturated rings. The van der Waals surface area contributed by atoms with Crippen LogP contribution in [0.15, 0.2) is 4.52 Å². The Morgan fingerprint density at radius 1 is 1.32 bits per heavy atom. The highest BCUT2D eigenvalue weighted by molar-refractivity contribution is 6.02. The van der Waals surface area contributed by atoms with E-state index >= 15 is 0 Å². The molecule has 0 radical (unpaired) electrons. The Kier molecular flexibility index (Phi) is 4.66. The van der Waals surface area contributed by atoms with Crippen molar-refractivity contribution < 1.29 is 23.6 Å². The number of hydrogen-bond acceptors (Lipinski definition) is 7. The van der Waals surface area contributed by atoms with Crippen LogP contribution in [0.2, 0.25) is 0 Å². The zero-order chi connectivity index (χ0) is 14.6. The molecular formula is C12H18N2O5. The van der Waals surface area contributed by atoms with Gasteiger partial charge in [-0.25, -0.2) is 9.59 Å². The van der Waals surface area contributed by atoms with Gasteiger partial charge in [0, 0.05) is 0 Å². The summed E-state index contributed by atoms with van der Waals surface area (Å²) in [7, 11) is 0. The molecule has 0 saturated carbocycles. The van der Waals surface area contributed by atoms with Crippen LogP contribution in [0.5, 0.6) is 0 Å². The lowest BCUT2D eigenvalue weighted by Gasteiger charge is -2.19. The fourth-order valence-electron chi connectivity index (χ4n) is 1.34. The second-order valence-corrected chi connectivity index (χ2v) is 4.76. The highest BCUT2D eigenvalue weighted by Crippen LogP contribution is 2.19. The summed E-state index contributed by atoms with van der Waals surface area (Å²) in [6.45, 7) is 6.88. The van der Waals surface area contributed by atoms with Crippen LogP contribution >= 0.6 is 0 Å². The summed E-state index contributed by atoms with van der Waals surface area (Å²) < 4.78 is 14.9. The average molecular weight is 270 g/mol. The molecule has 0 spiro atoms. The van der Waals surface area contributed by atoms with E-state index < -0.39 is 17.5 Å². The minimum absolute atomic E-state index is 0.0685. The Morgan fingerprint density at radius 3 is 2.42 bits per heavy atom. The number of hydrogen-bond donors (Lipinski definition) is 1. The molecule has 19 heavy (non-hydrogen) atoms. The van der Waals surface area contributed by atoms with Crippen LogP contribution in [0.4, 0.5) is 0 Å². The molecule has 0 aliphatic carbocycles. The van der Waals surface area contributed by atoms with Crippen LogP contribution < -0.4 is 5.73 Å². The van der Waals surface area contributed by atoms with Gasteiger partial charge < -0.3 is 19.7 Å². The first kappa shape index (κ1) is 15.2. The fraction of sp³-hybridized carbons (Fsp3) is 0.583. The molecule has 0 aromatic carbocycles. The minimum Gasteiger partial charge on any atom is -0.461 e. The third-order valence-corrected chi connectivity index (χ3v) is 2.02. The summed E-state index contributed by atoms with van der Waals surface area (Å²) in [5.41, 5.74) is 4.46. The van der Waals surface area contributed by atoms with E-state index in [1.54, 1.807) is 27.7 Å². The molecule has 1 heterocycles. The van der Waals surface area contributed by atoms with E-state index in [2.05, 4.69) is 5.16 Å². The average Bonchev–Trinajstić information content (AvgIpc) is 2.70. The maximum Gasteiger partial charge on any atom is 0.361 e. The number of nitrogens with zero attached hydrogens (tertiary/aromatic N) is 1. The second kappa shape index (κ2) is 5.83. The van der Waals surface area contributed by atoms with Gasteiger partial charge in [0.25, 0.3) is 0 Å². The molecule has 106 valence electrons. The van der Waals surface area contributed by atoms with Gasteiger partial charge in [0.1, 0.15) is 11.2 Å². The van der Waals surface area contributed by atoms with Crippen molar-refractivity contribution in [3.63, 3.8) is 0 Å². The predicted molar refractivity (Wildman–Crippen MR) is 65.5 cm³/mol. The third-order valence-electron chi connectivity index (χ3n) is 2.02. The Hall–Kier alpha value is -1.89. The van der Waals surface area contributed by atoms with Crippen LogP contribution in [0.3, 0.4) is 0 Å². The van der Waals surface area contributed by atoms with Gasteiger partial charge in [-0.3, -0.25) is 0 Å². The minimum atomic E-state index is -0.744. The summed E-state index contributed by atoms with van der Waals surface area (Å²) in [6.07, 6.45) is 0. The zero-order valence-corrected chi connectivity index (χ0v) is 11.5. The number of nitrogens with two attached hydrogens (primary N) is 1. The van der Waals surface area contributed by atoms with Crippen LogP contribution in [0.25, 0.3) is 0 Å². The van der Waals surface area contributed by atoms with Crippen molar-refractivity contribution in [1.82, 2.24) is 5.16 Å². The quantitative estimate of drug-likeness (QED) is 0.821. The van der Waals surface area contributed by atoms with Crippen molar-refractivity contribution in [2.45, 2.75) is 39.8 Å². The molecule has 1 aromatic heterocycles. The van der Waals surface area contributed by atoms with Crippen molar-refractivity contribution in [2.75, 3.05) is 6.61 Å². The third kappa shape index (κ3) is 3.78. The zero-order valence-electron chi connectivity index (χ0n) is 11.5. The first-order valence-electron chi connectivity index (χ1n) is 5.89. The molecule has 2 N–H and O–H groups in total. The smallest absolute Gasteiger partial charge is 0.361 e. The molecule has 0 atom stereocenters. The molecular weight excluding hydrogens is 252 g/mol. The van der Waals surface area contributed by atoms with Crippen LogP contribution in [-0.4, -0.2) is 29.3 Å². The van der Waals surface area contributed by atoms with E-state index in [0.717, 1.165) is 0 Å². The summed E-state index contributed by atoms with van der Waals surface area (Å²) >= 11 is 0. The lowest BCUT2D eigenvalue weighted by atomic mass is 10.1. The largest absolute Gasteiger partial charge is 0.461 e. The maximum atomic E-state index is 12.0. The number of rotatable bonds is 4. The molecule has 0 bridgehead atoms.